The first-order valence-electron chi connectivity index (χ1n) is 8.21. The van der Waals surface area contributed by atoms with E-state index >= 15 is 0 Å². The van der Waals surface area contributed by atoms with Crippen molar-refractivity contribution in [3.05, 3.63) is 64.1 Å². The zero-order chi connectivity index (χ0) is 16.5. The predicted molar refractivity (Wildman–Crippen MR) is 97.2 cm³/mol. The number of morpholine rings is 1. The highest BCUT2D eigenvalue weighted by Crippen LogP contribution is 2.40. The van der Waals surface area contributed by atoms with Crippen molar-refractivity contribution in [3.63, 3.8) is 0 Å². The second kappa shape index (κ2) is 6.67. The molecule has 0 aliphatic carbocycles. The van der Waals surface area contributed by atoms with Crippen LogP contribution in [-0.2, 0) is 9.53 Å². The molecule has 1 fully saturated rings. The molecule has 0 unspecified atom stereocenters. The summed E-state index contributed by atoms with van der Waals surface area (Å²) in [6.45, 7) is 2.92. The maximum Gasteiger partial charge on any atom is 0.242 e. The van der Waals surface area contributed by atoms with E-state index in [-0.39, 0.29) is 17.9 Å². The van der Waals surface area contributed by atoms with Crippen LogP contribution in [0.4, 0.5) is 5.69 Å². The van der Waals surface area contributed by atoms with Crippen LogP contribution in [0.15, 0.2) is 53.0 Å². The molecule has 0 saturated carbocycles. The summed E-state index contributed by atoms with van der Waals surface area (Å²) in [5.41, 5.74) is 3.23. The molecule has 2 aliphatic heterocycles. The number of carbonyl (C=O) groups is 1. The number of amides is 1. The van der Waals surface area contributed by atoms with Gasteiger partial charge in [0.2, 0.25) is 5.91 Å². The fourth-order valence-corrected chi connectivity index (χ4v) is 4.07. The molecule has 2 heterocycles. The minimum absolute atomic E-state index is 0.0190. The van der Waals surface area contributed by atoms with Gasteiger partial charge >= 0.3 is 0 Å². The largest absolute Gasteiger partial charge is 0.379 e. The number of nitrogens with zero attached hydrogens (tertiary/aromatic N) is 1. The smallest absolute Gasteiger partial charge is 0.242 e. The molecule has 2 atom stereocenters. The SMILES string of the molecule is O=C1Nc2ccc(Br)cc2[C@H](c2ccccc2)[C@H]1N1CCOCC1. The third-order valence-electron chi connectivity index (χ3n) is 4.79. The molecule has 0 aromatic heterocycles. The van der Waals surface area contributed by atoms with Crippen LogP contribution in [0, 0.1) is 0 Å². The van der Waals surface area contributed by atoms with Crippen molar-refractivity contribution < 1.29 is 9.53 Å². The van der Waals surface area contributed by atoms with Gasteiger partial charge in [0.15, 0.2) is 0 Å². The Kier molecular flexibility index (Phi) is 4.39. The summed E-state index contributed by atoms with van der Waals surface area (Å²) in [7, 11) is 0. The Balaban J connectivity index is 1.83. The second-order valence-electron chi connectivity index (χ2n) is 6.20. The molecule has 24 heavy (non-hydrogen) atoms. The van der Waals surface area contributed by atoms with E-state index in [1.807, 2.05) is 30.3 Å². The van der Waals surface area contributed by atoms with Crippen molar-refractivity contribution in [3.8, 4) is 0 Å². The minimum atomic E-state index is -0.210. The molecule has 1 saturated heterocycles. The van der Waals surface area contributed by atoms with Crippen molar-refractivity contribution in [2.75, 3.05) is 31.6 Å². The first-order valence-corrected chi connectivity index (χ1v) is 9.00. The molecule has 1 amide bonds. The molecule has 5 heteroatoms. The van der Waals surface area contributed by atoms with E-state index in [0.29, 0.717) is 13.2 Å². The number of benzene rings is 2. The number of rotatable bonds is 2. The molecular formula is C19H19BrN2O2. The van der Waals surface area contributed by atoms with Crippen LogP contribution in [-0.4, -0.2) is 43.2 Å². The zero-order valence-electron chi connectivity index (χ0n) is 13.2. The van der Waals surface area contributed by atoms with Crippen molar-refractivity contribution in [2.24, 2.45) is 0 Å². The Morgan fingerprint density at radius 2 is 1.83 bits per heavy atom. The van der Waals surface area contributed by atoms with Crippen molar-refractivity contribution in [1.29, 1.82) is 0 Å². The minimum Gasteiger partial charge on any atom is -0.379 e. The van der Waals surface area contributed by atoms with Crippen LogP contribution in [0.5, 0.6) is 0 Å². The van der Waals surface area contributed by atoms with Crippen LogP contribution >= 0.6 is 15.9 Å². The highest BCUT2D eigenvalue weighted by molar-refractivity contribution is 9.10. The number of halogens is 1. The third-order valence-corrected chi connectivity index (χ3v) is 5.28. The molecule has 0 radical (unpaired) electrons. The summed E-state index contributed by atoms with van der Waals surface area (Å²) in [5.74, 6) is 0.0890. The molecular weight excluding hydrogens is 368 g/mol. The van der Waals surface area contributed by atoms with Gasteiger partial charge in [0.05, 0.1) is 13.2 Å². The topological polar surface area (TPSA) is 41.6 Å². The zero-order valence-corrected chi connectivity index (χ0v) is 14.8. The lowest BCUT2D eigenvalue weighted by molar-refractivity contribution is -0.124. The fourth-order valence-electron chi connectivity index (χ4n) is 3.69. The number of ether oxygens (including phenoxy) is 1. The van der Waals surface area contributed by atoms with Crippen LogP contribution in [0.1, 0.15) is 17.0 Å². The lowest BCUT2D eigenvalue weighted by Gasteiger charge is -2.41. The summed E-state index contributed by atoms with van der Waals surface area (Å²) in [6.07, 6.45) is 0. The lowest BCUT2D eigenvalue weighted by atomic mass is 9.80. The molecule has 2 aliphatic rings. The average molecular weight is 387 g/mol. The maximum absolute atomic E-state index is 12.9. The van der Waals surface area contributed by atoms with Gasteiger partial charge in [0.25, 0.3) is 0 Å². The molecule has 0 spiro atoms. The lowest BCUT2D eigenvalue weighted by Crippen LogP contribution is -2.54. The van der Waals surface area contributed by atoms with Crippen LogP contribution in [0.3, 0.4) is 0 Å². The van der Waals surface area contributed by atoms with E-state index in [9.17, 15) is 4.79 Å². The van der Waals surface area contributed by atoms with Gasteiger partial charge in [-0.1, -0.05) is 46.3 Å². The summed E-state index contributed by atoms with van der Waals surface area (Å²) in [4.78, 5) is 15.2. The van der Waals surface area contributed by atoms with Gasteiger partial charge < -0.3 is 10.1 Å². The van der Waals surface area contributed by atoms with E-state index in [2.05, 4.69) is 44.3 Å². The molecule has 2 aromatic rings. The first kappa shape index (κ1) is 15.8. The van der Waals surface area contributed by atoms with Gasteiger partial charge in [-0.15, -0.1) is 0 Å². The normalized spacial score (nSPS) is 24.3. The van der Waals surface area contributed by atoms with E-state index in [4.69, 9.17) is 4.74 Å². The number of carbonyl (C=O) groups excluding carboxylic acids is 1. The Bertz CT molecular complexity index is 744. The highest BCUT2D eigenvalue weighted by Gasteiger charge is 2.40. The first-order chi connectivity index (χ1) is 11.7. The van der Waals surface area contributed by atoms with Gasteiger partial charge in [0.1, 0.15) is 6.04 Å². The van der Waals surface area contributed by atoms with Crippen LogP contribution < -0.4 is 5.32 Å². The maximum atomic E-state index is 12.9. The van der Waals surface area contributed by atoms with Crippen LogP contribution in [0.25, 0.3) is 0 Å². The fraction of sp³-hybridized carbons (Fsp3) is 0.316. The van der Waals surface area contributed by atoms with E-state index in [1.54, 1.807) is 0 Å². The standard InChI is InChI=1S/C19H19BrN2O2/c20-14-6-7-16-15(12-14)17(13-4-2-1-3-5-13)18(19(23)21-16)22-8-10-24-11-9-22/h1-7,12,17-18H,8-11H2,(H,21,23)/t17-,18+/m0/s1. The highest BCUT2D eigenvalue weighted by atomic mass is 79.9. The quantitative estimate of drug-likeness (QED) is 0.861. The number of hydrogen-bond donors (Lipinski definition) is 1. The number of hydrogen-bond acceptors (Lipinski definition) is 3. The Hall–Kier alpha value is -1.69. The predicted octanol–water partition coefficient (Wildman–Crippen LogP) is 3.23. The van der Waals surface area contributed by atoms with E-state index in [0.717, 1.165) is 28.8 Å². The average Bonchev–Trinajstić information content (AvgIpc) is 2.62. The monoisotopic (exact) mass is 386 g/mol. The Labute approximate surface area is 149 Å². The second-order valence-corrected chi connectivity index (χ2v) is 7.12. The molecule has 0 bridgehead atoms. The van der Waals surface area contributed by atoms with Gasteiger partial charge in [0, 0.05) is 29.2 Å². The van der Waals surface area contributed by atoms with E-state index < -0.39 is 0 Å². The van der Waals surface area contributed by atoms with Crippen molar-refractivity contribution >= 4 is 27.5 Å². The van der Waals surface area contributed by atoms with Gasteiger partial charge in [-0.25, -0.2) is 0 Å². The third kappa shape index (κ3) is 2.88. The van der Waals surface area contributed by atoms with Gasteiger partial charge in [-0.2, -0.15) is 0 Å². The molecule has 124 valence electrons. The number of nitrogens with one attached hydrogen (secondary N) is 1. The Morgan fingerprint density at radius 3 is 2.58 bits per heavy atom. The van der Waals surface area contributed by atoms with Crippen molar-refractivity contribution in [1.82, 2.24) is 4.90 Å². The summed E-state index contributed by atoms with van der Waals surface area (Å²) in [5, 5.41) is 3.09. The molecule has 1 N–H and O–H groups in total. The van der Waals surface area contributed by atoms with Gasteiger partial charge in [-0.05, 0) is 29.3 Å². The number of anilines is 1. The summed E-state index contributed by atoms with van der Waals surface area (Å²) < 4.78 is 6.50. The Morgan fingerprint density at radius 1 is 1.08 bits per heavy atom. The van der Waals surface area contributed by atoms with Crippen molar-refractivity contribution in [2.45, 2.75) is 12.0 Å². The number of fused-ring (bicyclic) bond motifs is 1. The van der Waals surface area contributed by atoms with Gasteiger partial charge in [-0.3, -0.25) is 9.69 Å². The molecule has 4 nitrogen and oxygen atoms in total. The van der Waals surface area contributed by atoms with E-state index in [1.165, 1.54) is 5.56 Å². The molecule has 4 rings (SSSR count). The summed E-state index contributed by atoms with van der Waals surface area (Å²) in [6, 6.07) is 16.2. The summed E-state index contributed by atoms with van der Waals surface area (Å²) >= 11 is 3.58. The molecule has 2 aromatic carbocycles. The van der Waals surface area contributed by atoms with Crippen LogP contribution in [0.2, 0.25) is 0 Å².